The molecule has 2 heterocycles. The lowest BCUT2D eigenvalue weighted by Crippen LogP contribution is -2.27. The standard InChI is InChI=1S/C19H30N2O4.ClH/c1-14-17(18(24)11-16(12-22)13-23)4-5-19(21-14)25-10-2-3-15-6-8-20-9-7-15;/h4-5,15-16,20,22-23H,2-3,6-13H2,1H3;1H. The van der Waals surface area contributed by atoms with Gasteiger partial charge in [-0.1, -0.05) is 0 Å². The Hall–Kier alpha value is -1.21. The van der Waals surface area contributed by atoms with Gasteiger partial charge in [0.25, 0.3) is 0 Å². The number of rotatable bonds is 10. The summed E-state index contributed by atoms with van der Waals surface area (Å²) >= 11 is 0. The lowest BCUT2D eigenvalue weighted by molar-refractivity contribution is 0.0878. The zero-order valence-electron chi connectivity index (χ0n) is 15.4. The molecule has 1 aromatic heterocycles. The third kappa shape index (κ3) is 7.19. The topological polar surface area (TPSA) is 91.7 Å². The Bertz CT molecular complexity index is 546. The summed E-state index contributed by atoms with van der Waals surface area (Å²) in [4.78, 5) is 16.6. The number of halogens is 1. The molecule has 148 valence electrons. The molecule has 6 nitrogen and oxygen atoms in total. The average Bonchev–Trinajstić information content (AvgIpc) is 2.64. The Kier molecular flexibility index (Phi) is 10.7. The number of carbonyl (C=O) groups excluding carboxylic acids is 1. The minimum atomic E-state index is -0.419. The van der Waals surface area contributed by atoms with E-state index in [2.05, 4.69) is 10.3 Å². The third-order valence-electron chi connectivity index (χ3n) is 4.82. The van der Waals surface area contributed by atoms with Gasteiger partial charge in [-0.05, 0) is 57.7 Å². The van der Waals surface area contributed by atoms with E-state index >= 15 is 0 Å². The van der Waals surface area contributed by atoms with Crippen LogP contribution in [0.5, 0.6) is 5.88 Å². The van der Waals surface area contributed by atoms with E-state index in [0.717, 1.165) is 25.4 Å². The highest BCUT2D eigenvalue weighted by atomic mass is 35.5. The van der Waals surface area contributed by atoms with Gasteiger partial charge in [-0.25, -0.2) is 4.98 Å². The van der Waals surface area contributed by atoms with E-state index in [0.29, 0.717) is 23.7 Å². The second-order valence-corrected chi connectivity index (χ2v) is 6.82. The number of piperidine rings is 1. The Labute approximate surface area is 161 Å². The number of hydrogen-bond acceptors (Lipinski definition) is 6. The van der Waals surface area contributed by atoms with Gasteiger partial charge >= 0.3 is 0 Å². The summed E-state index contributed by atoms with van der Waals surface area (Å²) in [6, 6.07) is 3.44. The van der Waals surface area contributed by atoms with Gasteiger partial charge in [-0.15, -0.1) is 12.4 Å². The summed E-state index contributed by atoms with van der Waals surface area (Å²) in [7, 11) is 0. The fourth-order valence-corrected chi connectivity index (χ4v) is 3.19. The van der Waals surface area contributed by atoms with Crippen LogP contribution in [0.4, 0.5) is 0 Å². The molecule has 0 radical (unpaired) electrons. The van der Waals surface area contributed by atoms with Crippen LogP contribution >= 0.6 is 12.4 Å². The van der Waals surface area contributed by atoms with E-state index in [9.17, 15) is 4.79 Å². The molecule has 0 spiro atoms. The van der Waals surface area contributed by atoms with Crippen molar-refractivity contribution in [2.75, 3.05) is 32.9 Å². The third-order valence-corrected chi connectivity index (χ3v) is 4.82. The van der Waals surface area contributed by atoms with Crippen molar-refractivity contribution in [3.05, 3.63) is 23.4 Å². The lowest BCUT2D eigenvalue weighted by atomic mass is 9.93. The van der Waals surface area contributed by atoms with Crippen LogP contribution in [0.1, 0.15) is 48.2 Å². The van der Waals surface area contributed by atoms with E-state index in [4.69, 9.17) is 14.9 Å². The van der Waals surface area contributed by atoms with Gasteiger partial charge in [-0.3, -0.25) is 4.79 Å². The van der Waals surface area contributed by atoms with Gasteiger partial charge in [0.15, 0.2) is 5.78 Å². The number of aryl methyl sites for hydroxylation is 1. The highest BCUT2D eigenvalue weighted by Gasteiger charge is 2.17. The fourth-order valence-electron chi connectivity index (χ4n) is 3.19. The molecule has 0 aromatic carbocycles. The summed E-state index contributed by atoms with van der Waals surface area (Å²) in [6.07, 6.45) is 4.81. The summed E-state index contributed by atoms with van der Waals surface area (Å²) in [5.41, 5.74) is 1.14. The maximum atomic E-state index is 12.2. The number of ether oxygens (including phenoxy) is 1. The van der Waals surface area contributed by atoms with Crippen molar-refractivity contribution in [3.63, 3.8) is 0 Å². The molecule has 1 aromatic rings. The molecule has 0 amide bonds. The summed E-state index contributed by atoms with van der Waals surface area (Å²) in [5, 5.41) is 21.6. The van der Waals surface area contributed by atoms with Gasteiger partial charge in [0, 0.05) is 37.2 Å². The molecular formula is C19H31ClN2O4. The van der Waals surface area contributed by atoms with Crippen molar-refractivity contribution in [2.24, 2.45) is 11.8 Å². The van der Waals surface area contributed by atoms with Crippen LogP contribution in [0, 0.1) is 18.8 Å². The molecule has 0 aliphatic carbocycles. The molecule has 1 fully saturated rings. The Morgan fingerprint density at radius 3 is 2.62 bits per heavy atom. The van der Waals surface area contributed by atoms with Crippen LogP contribution in [-0.4, -0.2) is 53.9 Å². The SMILES string of the molecule is Cc1nc(OCCCC2CCNCC2)ccc1C(=O)CC(CO)CO.Cl. The minimum absolute atomic E-state index is 0. The van der Waals surface area contributed by atoms with E-state index in [1.54, 1.807) is 19.1 Å². The van der Waals surface area contributed by atoms with Crippen LogP contribution in [0.15, 0.2) is 12.1 Å². The lowest BCUT2D eigenvalue weighted by Gasteiger charge is -2.22. The first-order chi connectivity index (χ1) is 12.1. The van der Waals surface area contributed by atoms with Crippen molar-refractivity contribution in [2.45, 2.75) is 39.0 Å². The number of pyridine rings is 1. The van der Waals surface area contributed by atoms with Crippen LogP contribution in [-0.2, 0) is 0 Å². The zero-order valence-corrected chi connectivity index (χ0v) is 16.3. The van der Waals surface area contributed by atoms with E-state index in [1.165, 1.54) is 19.3 Å². The number of aliphatic hydroxyl groups is 2. The zero-order chi connectivity index (χ0) is 18.1. The van der Waals surface area contributed by atoms with E-state index < -0.39 is 5.92 Å². The van der Waals surface area contributed by atoms with Gasteiger partial charge in [-0.2, -0.15) is 0 Å². The van der Waals surface area contributed by atoms with Crippen LogP contribution in [0.3, 0.4) is 0 Å². The molecule has 0 atom stereocenters. The van der Waals surface area contributed by atoms with E-state index in [1.807, 2.05) is 0 Å². The molecule has 26 heavy (non-hydrogen) atoms. The Morgan fingerprint density at radius 1 is 1.31 bits per heavy atom. The largest absolute Gasteiger partial charge is 0.478 e. The van der Waals surface area contributed by atoms with E-state index in [-0.39, 0.29) is 37.8 Å². The molecule has 0 saturated carbocycles. The average molecular weight is 387 g/mol. The van der Waals surface area contributed by atoms with Gasteiger partial charge in [0.1, 0.15) is 0 Å². The highest BCUT2D eigenvalue weighted by molar-refractivity contribution is 5.97. The molecule has 3 N–H and O–H groups in total. The first-order valence-electron chi connectivity index (χ1n) is 9.20. The summed E-state index contributed by atoms with van der Waals surface area (Å²) in [6.45, 7) is 4.26. The minimum Gasteiger partial charge on any atom is -0.478 e. The van der Waals surface area contributed by atoms with Gasteiger partial charge in [0.2, 0.25) is 5.88 Å². The molecule has 2 rings (SSSR count). The van der Waals surface area contributed by atoms with Crippen molar-refractivity contribution in [3.8, 4) is 5.88 Å². The first kappa shape index (κ1) is 22.8. The maximum absolute atomic E-state index is 12.2. The normalized spacial score (nSPS) is 14.9. The van der Waals surface area contributed by atoms with Crippen LogP contribution in [0.2, 0.25) is 0 Å². The molecule has 1 saturated heterocycles. The number of nitrogens with zero attached hydrogens (tertiary/aromatic N) is 1. The van der Waals surface area contributed by atoms with Gasteiger partial charge in [0.05, 0.1) is 12.3 Å². The monoisotopic (exact) mass is 386 g/mol. The van der Waals surface area contributed by atoms with Crippen molar-refractivity contribution >= 4 is 18.2 Å². The predicted molar refractivity (Wildman–Crippen MR) is 103 cm³/mol. The number of ketones is 1. The summed E-state index contributed by atoms with van der Waals surface area (Å²) in [5.74, 6) is 0.805. The second-order valence-electron chi connectivity index (χ2n) is 6.82. The molecular weight excluding hydrogens is 356 g/mol. The number of nitrogens with one attached hydrogen (secondary N) is 1. The van der Waals surface area contributed by atoms with Crippen molar-refractivity contribution in [1.29, 1.82) is 0 Å². The Morgan fingerprint density at radius 2 is 2.00 bits per heavy atom. The maximum Gasteiger partial charge on any atom is 0.213 e. The number of hydrogen-bond donors (Lipinski definition) is 3. The summed E-state index contributed by atoms with van der Waals surface area (Å²) < 4.78 is 5.72. The van der Waals surface area contributed by atoms with Crippen LogP contribution in [0.25, 0.3) is 0 Å². The van der Waals surface area contributed by atoms with Crippen molar-refractivity contribution < 1.29 is 19.7 Å². The molecule has 0 bridgehead atoms. The highest BCUT2D eigenvalue weighted by Crippen LogP contribution is 2.19. The molecule has 7 heteroatoms. The number of Topliss-reactive ketones (excluding diaryl/α,β-unsaturated/α-hetero) is 1. The quantitative estimate of drug-likeness (QED) is 0.421. The molecule has 1 aliphatic heterocycles. The number of aliphatic hydroxyl groups excluding tert-OH is 2. The molecule has 0 unspecified atom stereocenters. The smallest absolute Gasteiger partial charge is 0.213 e. The fraction of sp³-hybridized carbons (Fsp3) is 0.684. The first-order valence-corrected chi connectivity index (χ1v) is 9.20. The second kappa shape index (κ2) is 12.2. The predicted octanol–water partition coefficient (Wildman–Crippen LogP) is 2.14. The van der Waals surface area contributed by atoms with Gasteiger partial charge < -0.3 is 20.3 Å². The Balaban J connectivity index is 0.00000338. The molecule has 1 aliphatic rings. The number of aromatic nitrogens is 1. The number of carbonyl (C=O) groups is 1. The van der Waals surface area contributed by atoms with Crippen molar-refractivity contribution in [1.82, 2.24) is 10.3 Å². The van der Waals surface area contributed by atoms with Crippen LogP contribution < -0.4 is 10.1 Å².